The summed E-state index contributed by atoms with van der Waals surface area (Å²) in [6.07, 6.45) is 0. The minimum atomic E-state index is -0.160. The Hall–Kier alpha value is -2.34. The topological polar surface area (TPSA) is 46.9 Å². The van der Waals surface area contributed by atoms with Crippen LogP contribution in [0.25, 0.3) is 11.0 Å². The number of nitrogens with one attached hydrogen (secondary N) is 1. The summed E-state index contributed by atoms with van der Waals surface area (Å²) in [5.41, 5.74) is 3.21. The minimum absolute atomic E-state index is 0.160. The molecule has 0 aliphatic heterocycles. The van der Waals surface area contributed by atoms with E-state index in [1.807, 2.05) is 59.2 Å². The Kier molecular flexibility index (Phi) is 5.90. The van der Waals surface area contributed by atoms with E-state index >= 15 is 0 Å². The number of imidazole rings is 1. The van der Waals surface area contributed by atoms with E-state index in [2.05, 4.69) is 21.2 Å². The Morgan fingerprint density at radius 3 is 2.38 bits per heavy atom. The van der Waals surface area contributed by atoms with E-state index < -0.39 is 0 Å². The van der Waals surface area contributed by atoms with Crippen molar-refractivity contribution in [3.8, 4) is 0 Å². The highest BCUT2D eigenvalue weighted by molar-refractivity contribution is 9.10. The largest absolute Gasteiger partial charge is 0.345 e. The van der Waals surface area contributed by atoms with Crippen LogP contribution in [0.3, 0.4) is 0 Å². The molecule has 0 unspecified atom stereocenters. The van der Waals surface area contributed by atoms with Crippen LogP contribution in [-0.4, -0.2) is 15.5 Å². The number of rotatable bonds is 5. The first-order chi connectivity index (χ1) is 14.0. The van der Waals surface area contributed by atoms with E-state index in [0.29, 0.717) is 22.2 Å². The fraction of sp³-hybridized carbons (Fsp3) is 0.0909. The number of hydrogen-bond acceptors (Lipinski definition) is 2. The molecule has 0 saturated heterocycles. The number of fused-ring (bicyclic) bond motifs is 1. The Morgan fingerprint density at radius 2 is 1.66 bits per heavy atom. The summed E-state index contributed by atoms with van der Waals surface area (Å²) in [7, 11) is 0. The van der Waals surface area contributed by atoms with E-state index in [1.165, 1.54) is 0 Å². The van der Waals surface area contributed by atoms with E-state index in [4.69, 9.17) is 28.2 Å². The Morgan fingerprint density at radius 1 is 0.966 bits per heavy atom. The number of para-hydroxylation sites is 2. The molecule has 0 fully saturated rings. The first-order valence-electron chi connectivity index (χ1n) is 8.94. The average Bonchev–Trinajstić information content (AvgIpc) is 3.07. The van der Waals surface area contributed by atoms with Crippen molar-refractivity contribution in [2.45, 2.75) is 13.1 Å². The third kappa shape index (κ3) is 4.32. The van der Waals surface area contributed by atoms with Crippen molar-refractivity contribution in [1.29, 1.82) is 0 Å². The third-order valence-corrected chi connectivity index (χ3v) is 5.86. The van der Waals surface area contributed by atoms with Gasteiger partial charge in [-0.25, -0.2) is 4.98 Å². The summed E-state index contributed by atoms with van der Waals surface area (Å²) in [6, 6.07) is 20.5. The lowest BCUT2D eigenvalue weighted by Gasteiger charge is -2.13. The molecule has 4 rings (SSSR count). The van der Waals surface area contributed by atoms with Crippen molar-refractivity contribution in [1.82, 2.24) is 14.9 Å². The van der Waals surface area contributed by atoms with Crippen molar-refractivity contribution in [3.63, 3.8) is 0 Å². The monoisotopic (exact) mass is 487 g/mol. The Labute approximate surface area is 186 Å². The van der Waals surface area contributed by atoms with Gasteiger partial charge in [0.15, 0.2) is 0 Å². The van der Waals surface area contributed by atoms with Gasteiger partial charge in [0.25, 0.3) is 5.91 Å². The highest BCUT2D eigenvalue weighted by Crippen LogP contribution is 2.27. The number of nitrogens with zero attached hydrogens (tertiary/aromatic N) is 2. The van der Waals surface area contributed by atoms with Crippen LogP contribution in [0, 0.1) is 0 Å². The van der Waals surface area contributed by atoms with Gasteiger partial charge >= 0.3 is 0 Å². The Bertz CT molecular complexity index is 1170. The molecular formula is C22H16BrCl2N3O. The molecule has 0 aliphatic rings. The zero-order chi connectivity index (χ0) is 20.4. The minimum Gasteiger partial charge on any atom is -0.345 e. The molecule has 29 heavy (non-hydrogen) atoms. The van der Waals surface area contributed by atoms with Crippen LogP contribution in [0.4, 0.5) is 0 Å². The van der Waals surface area contributed by atoms with Gasteiger partial charge < -0.3 is 9.88 Å². The second kappa shape index (κ2) is 8.57. The number of amides is 1. The molecule has 0 spiro atoms. The van der Waals surface area contributed by atoms with Crippen LogP contribution in [0.2, 0.25) is 10.0 Å². The molecule has 1 N–H and O–H groups in total. The van der Waals surface area contributed by atoms with Gasteiger partial charge in [-0.1, -0.05) is 57.3 Å². The number of benzene rings is 3. The molecule has 7 heteroatoms. The van der Waals surface area contributed by atoms with E-state index in [0.717, 1.165) is 26.9 Å². The summed E-state index contributed by atoms with van der Waals surface area (Å²) < 4.78 is 2.96. The lowest BCUT2D eigenvalue weighted by atomic mass is 10.2. The van der Waals surface area contributed by atoms with Gasteiger partial charge in [0.1, 0.15) is 5.82 Å². The van der Waals surface area contributed by atoms with Crippen molar-refractivity contribution < 1.29 is 4.79 Å². The second-order valence-electron chi connectivity index (χ2n) is 6.49. The number of hydrogen-bond donors (Lipinski definition) is 1. The van der Waals surface area contributed by atoms with Crippen molar-refractivity contribution in [3.05, 3.63) is 98.2 Å². The van der Waals surface area contributed by atoms with Crippen LogP contribution in [-0.2, 0) is 13.1 Å². The van der Waals surface area contributed by atoms with Gasteiger partial charge in [-0.2, -0.15) is 0 Å². The maximum Gasteiger partial charge on any atom is 0.251 e. The predicted octanol–water partition coefficient (Wildman–Crippen LogP) is 6.08. The average molecular weight is 489 g/mol. The number of aromatic nitrogens is 2. The molecule has 3 aromatic carbocycles. The maximum absolute atomic E-state index is 12.5. The summed E-state index contributed by atoms with van der Waals surface area (Å²) in [6.45, 7) is 0.744. The molecule has 1 heterocycles. The molecule has 0 saturated carbocycles. The maximum atomic E-state index is 12.5. The highest BCUT2D eigenvalue weighted by atomic mass is 79.9. The molecule has 1 amide bonds. The van der Waals surface area contributed by atoms with Gasteiger partial charge in [-0.3, -0.25) is 4.79 Å². The molecule has 4 aromatic rings. The molecule has 0 aliphatic carbocycles. The lowest BCUT2D eigenvalue weighted by Crippen LogP contribution is -2.25. The van der Waals surface area contributed by atoms with Gasteiger partial charge in [0.2, 0.25) is 0 Å². The smallest absolute Gasteiger partial charge is 0.251 e. The summed E-state index contributed by atoms with van der Waals surface area (Å²) in [5, 5.41) is 4.14. The van der Waals surface area contributed by atoms with Gasteiger partial charge in [-0.05, 0) is 48.5 Å². The van der Waals surface area contributed by atoms with Gasteiger partial charge in [0.05, 0.1) is 24.1 Å². The molecule has 0 bridgehead atoms. The van der Waals surface area contributed by atoms with E-state index in [1.54, 1.807) is 12.1 Å². The molecule has 1 aromatic heterocycles. The summed E-state index contributed by atoms with van der Waals surface area (Å²) >= 11 is 16.1. The van der Waals surface area contributed by atoms with Crippen molar-refractivity contribution in [2.24, 2.45) is 0 Å². The first-order valence-corrected chi connectivity index (χ1v) is 10.5. The van der Waals surface area contributed by atoms with Gasteiger partial charge in [-0.15, -0.1) is 0 Å². The van der Waals surface area contributed by atoms with Crippen LogP contribution >= 0.6 is 39.1 Å². The first kappa shape index (κ1) is 20.0. The van der Waals surface area contributed by atoms with Crippen LogP contribution in [0.5, 0.6) is 0 Å². The lowest BCUT2D eigenvalue weighted by molar-refractivity contribution is 0.0949. The number of carbonyl (C=O) groups is 1. The van der Waals surface area contributed by atoms with Gasteiger partial charge in [0, 0.05) is 25.6 Å². The quantitative estimate of drug-likeness (QED) is 0.369. The fourth-order valence-electron chi connectivity index (χ4n) is 3.14. The van der Waals surface area contributed by atoms with Crippen LogP contribution < -0.4 is 5.32 Å². The SMILES string of the molecule is O=C(NCc1nc2ccccc2n1Cc1c(Cl)cccc1Cl)c1ccc(Br)cc1. The van der Waals surface area contributed by atoms with Crippen molar-refractivity contribution in [2.75, 3.05) is 0 Å². The normalized spacial score (nSPS) is 11.0. The second-order valence-corrected chi connectivity index (χ2v) is 8.22. The van der Waals surface area contributed by atoms with E-state index in [9.17, 15) is 4.79 Å². The zero-order valence-electron chi connectivity index (χ0n) is 15.2. The molecule has 4 nitrogen and oxygen atoms in total. The molecular weight excluding hydrogens is 473 g/mol. The standard InChI is InChI=1S/C22H16BrCl2N3O/c23-15-10-8-14(9-11-15)22(29)26-12-21-27-19-6-1-2-7-20(19)28(21)13-16-17(24)4-3-5-18(16)25/h1-11H,12-13H2,(H,26,29). The molecule has 146 valence electrons. The predicted molar refractivity (Wildman–Crippen MR) is 121 cm³/mol. The van der Waals surface area contributed by atoms with Crippen molar-refractivity contribution >= 4 is 56.1 Å². The summed E-state index contributed by atoms with van der Waals surface area (Å²) in [4.78, 5) is 17.2. The fourth-order valence-corrected chi connectivity index (χ4v) is 3.92. The Balaban J connectivity index is 1.64. The number of halogens is 3. The third-order valence-electron chi connectivity index (χ3n) is 4.62. The number of carbonyl (C=O) groups excluding carboxylic acids is 1. The highest BCUT2D eigenvalue weighted by Gasteiger charge is 2.15. The summed E-state index contributed by atoms with van der Waals surface area (Å²) in [5.74, 6) is 0.569. The zero-order valence-corrected chi connectivity index (χ0v) is 18.3. The molecule has 0 atom stereocenters. The molecule has 0 radical (unpaired) electrons. The van der Waals surface area contributed by atoms with E-state index in [-0.39, 0.29) is 12.5 Å². The van der Waals surface area contributed by atoms with Crippen LogP contribution in [0.1, 0.15) is 21.7 Å². The van der Waals surface area contributed by atoms with Crippen LogP contribution in [0.15, 0.2) is 71.2 Å².